The number of nitrogens with zero attached hydrogens (tertiary/aromatic N) is 3. The van der Waals surface area contributed by atoms with E-state index in [-0.39, 0.29) is 11.2 Å². The number of halogens is 3. The number of nitrogens with one attached hydrogen (secondary N) is 1. The van der Waals surface area contributed by atoms with Crippen molar-refractivity contribution in [2.24, 2.45) is 0 Å². The molecule has 0 spiro atoms. The highest BCUT2D eigenvalue weighted by Crippen LogP contribution is 2.31. The molecule has 0 saturated carbocycles. The zero-order valence-corrected chi connectivity index (χ0v) is 18.3. The van der Waals surface area contributed by atoms with Crippen molar-refractivity contribution in [1.29, 1.82) is 0 Å². The summed E-state index contributed by atoms with van der Waals surface area (Å²) in [5.74, 6) is -0.0197. The average Bonchev–Trinajstić information content (AvgIpc) is 3.17. The fourth-order valence-electron chi connectivity index (χ4n) is 3.21. The van der Waals surface area contributed by atoms with Gasteiger partial charge in [-0.1, -0.05) is 12.1 Å². The number of carbonyl (C=O) groups is 1. The van der Waals surface area contributed by atoms with Crippen LogP contribution in [-0.2, 0) is 17.5 Å². The number of carbonyl (C=O) groups excluding carboxylic acids is 1. The largest absolute Gasteiger partial charge is 0.497 e. The molecule has 0 saturated heterocycles. The van der Waals surface area contributed by atoms with Crippen molar-refractivity contribution in [1.82, 2.24) is 14.8 Å². The first kappa shape index (κ1) is 22.5. The molecule has 7 nitrogen and oxygen atoms in total. The van der Waals surface area contributed by atoms with Crippen molar-refractivity contribution in [2.75, 3.05) is 12.4 Å². The summed E-state index contributed by atoms with van der Waals surface area (Å²) in [5, 5.41) is 7.55. The summed E-state index contributed by atoms with van der Waals surface area (Å²) in [6.07, 6.45) is -4.47. The van der Waals surface area contributed by atoms with E-state index < -0.39 is 29.8 Å². The highest BCUT2D eigenvalue weighted by molar-refractivity contribution is 7.19. The normalized spacial score (nSPS) is 11.5. The number of hydrogen-bond acceptors (Lipinski definition) is 6. The lowest BCUT2D eigenvalue weighted by Crippen LogP contribution is -2.30. The maximum Gasteiger partial charge on any atom is 0.416 e. The number of fused-ring (bicyclic) bond motifs is 1. The van der Waals surface area contributed by atoms with E-state index in [1.54, 1.807) is 31.2 Å². The predicted molar refractivity (Wildman–Crippen MR) is 118 cm³/mol. The van der Waals surface area contributed by atoms with E-state index in [1.165, 1.54) is 18.4 Å². The molecule has 1 amide bonds. The van der Waals surface area contributed by atoms with E-state index in [0.29, 0.717) is 26.7 Å². The number of aryl methyl sites for hydroxylation is 1. The van der Waals surface area contributed by atoms with Gasteiger partial charge in [0.05, 0.1) is 22.4 Å². The smallest absolute Gasteiger partial charge is 0.416 e. The molecule has 2 aromatic heterocycles. The average molecular weight is 474 g/mol. The number of alkyl halides is 3. The Kier molecular flexibility index (Phi) is 5.90. The van der Waals surface area contributed by atoms with Crippen LogP contribution in [0.2, 0.25) is 0 Å². The van der Waals surface area contributed by atoms with E-state index in [2.05, 4.69) is 15.4 Å². The number of amides is 1. The van der Waals surface area contributed by atoms with Gasteiger partial charge in [-0.3, -0.25) is 9.59 Å². The second kappa shape index (κ2) is 8.66. The van der Waals surface area contributed by atoms with Crippen LogP contribution in [0.4, 0.5) is 18.9 Å². The quantitative estimate of drug-likeness (QED) is 0.461. The number of thiazole rings is 1. The van der Waals surface area contributed by atoms with Crippen molar-refractivity contribution in [3.8, 4) is 17.0 Å². The van der Waals surface area contributed by atoms with Crippen LogP contribution in [0.15, 0.2) is 53.3 Å². The zero-order chi connectivity index (χ0) is 23.8. The van der Waals surface area contributed by atoms with E-state index in [9.17, 15) is 22.8 Å². The van der Waals surface area contributed by atoms with E-state index in [0.717, 1.165) is 28.9 Å². The molecule has 0 radical (unpaired) electrons. The molecule has 0 bridgehead atoms. The van der Waals surface area contributed by atoms with Gasteiger partial charge >= 0.3 is 6.18 Å². The maximum atomic E-state index is 12.9. The van der Waals surface area contributed by atoms with Gasteiger partial charge in [-0.05, 0) is 43.3 Å². The molecule has 0 aliphatic carbocycles. The molecule has 11 heteroatoms. The fraction of sp³-hybridized carbons (Fsp3) is 0.182. The zero-order valence-electron chi connectivity index (χ0n) is 17.4. The maximum absolute atomic E-state index is 12.9. The van der Waals surface area contributed by atoms with Crippen LogP contribution in [0.25, 0.3) is 21.5 Å². The van der Waals surface area contributed by atoms with Gasteiger partial charge in [0, 0.05) is 11.3 Å². The number of benzene rings is 2. The van der Waals surface area contributed by atoms with E-state index in [1.807, 2.05) is 0 Å². The first-order valence-corrected chi connectivity index (χ1v) is 10.5. The first-order chi connectivity index (χ1) is 15.7. The summed E-state index contributed by atoms with van der Waals surface area (Å²) in [7, 11) is 1.53. The summed E-state index contributed by atoms with van der Waals surface area (Å²) in [5.41, 5.74) is 0.137. The Morgan fingerprint density at radius 2 is 1.91 bits per heavy atom. The third kappa shape index (κ3) is 4.72. The molecule has 4 aromatic rings. The third-order valence-corrected chi connectivity index (χ3v) is 5.72. The molecule has 170 valence electrons. The highest BCUT2D eigenvalue weighted by Gasteiger charge is 2.30. The predicted octanol–water partition coefficient (Wildman–Crippen LogP) is 4.49. The Morgan fingerprint density at radius 3 is 2.58 bits per heavy atom. The summed E-state index contributed by atoms with van der Waals surface area (Å²) in [4.78, 5) is 29.7. The second-order valence-electron chi connectivity index (χ2n) is 7.08. The Bertz CT molecular complexity index is 1400. The molecule has 0 fully saturated rings. The van der Waals surface area contributed by atoms with Gasteiger partial charge in [0.25, 0.3) is 5.56 Å². The van der Waals surface area contributed by atoms with Crippen molar-refractivity contribution in [3.05, 3.63) is 69.5 Å². The van der Waals surface area contributed by atoms with Crippen LogP contribution in [0.5, 0.6) is 5.75 Å². The van der Waals surface area contributed by atoms with Crippen LogP contribution in [0.1, 0.15) is 10.6 Å². The molecule has 0 aliphatic heterocycles. The van der Waals surface area contributed by atoms with Crippen LogP contribution in [0, 0.1) is 6.92 Å². The number of rotatable bonds is 5. The van der Waals surface area contributed by atoms with Gasteiger partial charge < -0.3 is 10.1 Å². The molecule has 1 N–H and O–H groups in total. The summed E-state index contributed by atoms with van der Waals surface area (Å²) in [6, 6.07) is 11.1. The van der Waals surface area contributed by atoms with Gasteiger partial charge in [-0.2, -0.15) is 18.3 Å². The fourth-order valence-corrected chi connectivity index (χ4v) is 4.13. The lowest BCUT2D eigenvalue weighted by molar-refractivity contribution is -0.137. The molecule has 2 aromatic carbocycles. The van der Waals surface area contributed by atoms with Crippen molar-refractivity contribution in [3.63, 3.8) is 0 Å². The van der Waals surface area contributed by atoms with E-state index in [4.69, 9.17) is 4.74 Å². The summed E-state index contributed by atoms with van der Waals surface area (Å²) >= 11 is 1.31. The molecule has 0 aliphatic rings. The van der Waals surface area contributed by atoms with Crippen LogP contribution < -0.4 is 15.6 Å². The standard InChI is InChI=1S/C22H17F3N4O3S/c1-12-26-19-20(33-12)18(13-4-3-5-16(10-13)32-2)28-29(21(19)31)11-17(30)27-15-8-6-14(7-9-15)22(23,24)25/h3-10H,11H2,1-2H3,(H,27,30). The first-order valence-electron chi connectivity index (χ1n) is 9.65. The van der Waals surface area contributed by atoms with Crippen LogP contribution in [0.3, 0.4) is 0 Å². The topological polar surface area (TPSA) is 86.1 Å². The van der Waals surface area contributed by atoms with E-state index >= 15 is 0 Å². The summed E-state index contributed by atoms with van der Waals surface area (Å²) < 4.78 is 45.0. The van der Waals surface area contributed by atoms with Crippen molar-refractivity contribution < 1.29 is 22.7 Å². The lowest BCUT2D eigenvalue weighted by Gasteiger charge is -2.11. The minimum Gasteiger partial charge on any atom is -0.497 e. The number of anilines is 1. The highest BCUT2D eigenvalue weighted by atomic mass is 32.1. The molecule has 0 atom stereocenters. The van der Waals surface area contributed by atoms with Gasteiger partial charge in [0.1, 0.15) is 18.0 Å². The molecular formula is C22H17F3N4O3S. The lowest BCUT2D eigenvalue weighted by atomic mass is 10.1. The minimum atomic E-state index is -4.47. The van der Waals surface area contributed by atoms with Gasteiger partial charge in [-0.25, -0.2) is 9.67 Å². The Morgan fingerprint density at radius 1 is 1.18 bits per heavy atom. The summed E-state index contributed by atoms with van der Waals surface area (Å²) in [6.45, 7) is 1.32. The Labute approximate surface area is 189 Å². The van der Waals surface area contributed by atoms with Gasteiger partial charge in [0.2, 0.25) is 5.91 Å². The van der Waals surface area contributed by atoms with Crippen molar-refractivity contribution >= 4 is 33.1 Å². The molecule has 4 rings (SSSR count). The molecule has 2 heterocycles. The number of hydrogen-bond donors (Lipinski definition) is 1. The second-order valence-corrected chi connectivity index (χ2v) is 8.28. The van der Waals surface area contributed by atoms with Crippen LogP contribution in [-0.4, -0.2) is 27.8 Å². The van der Waals surface area contributed by atoms with Crippen molar-refractivity contribution in [2.45, 2.75) is 19.6 Å². The van der Waals surface area contributed by atoms with Crippen LogP contribution >= 0.6 is 11.3 Å². The monoisotopic (exact) mass is 474 g/mol. The van der Waals surface area contributed by atoms with Gasteiger partial charge in [-0.15, -0.1) is 11.3 Å². The SMILES string of the molecule is COc1cccc(-c2nn(CC(=O)Nc3ccc(C(F)(F)F)cc3)c(=O)c3nc(C)sc23)c1. The van der Waals surface area contributed by atoms with Gasteiger partial charge in [0.15, 0.2) is 5.52 Å². The number of ether oxygens (including phenoxy) is 1. The Hall–Kier alpha value is -3.73. The molecule has 33 heavy (non-hydrogen) atoms. The Balaban J connectivity index is 1.67. The third-order valence-electron chi connectivity index (χ3n) is 4.74. The molecule has 0 unspecified atom stereocenters. The number of aromatic nitrogens is 3. The molecular weight excluding hydrogens is 457 g/mol. The minimum absolute atomic E-state index is 0.166. The number of methoxy groups -OCH3 is 1.